The Morgan fingerprint density at radius 1 is 0.604 bits per heavy atom. The van der Waals surface area contributed by atoms with Crippen LogP contribution in [0.2, 0.25) is 0 Å². The van der Waals surface area contributed by atoms with Gasteiger partial charge in [-0.25, -0.2) is 4.57 Å². The van der Waals surface area contributed by atoms with E-state index in [9.17, 15) is 24.2 Å². The molecule has 3 N–H and O–H groups in total. The van der Waals surface area contributed by atoms with E-state index in [4.69, 9.17) is 13.8 Å². The number of carbonyl (C=O) groups excluding carboxylic acids is 2. The van der Waals surface area contributed by atoms with Gasteiger partial charge < -0.3 is 20.1 Å². The summed E-state index contributed by atoms with van der Waals surface area (Å²) < 4.78 is 26.8. The second-order valence-corrected chi connectivity index (χ2v) is 15.4. The Morgan fingerprint density at radius 2 is 1.08 bits per heavy atom. The molecule has 0 aromatic carbocycles. The molecule has 0 aromatic heterocycles. The number of hydrogen-bond donors (Lipinski definition) is 3. The van der Waals surface area contributed by atoms with Crippen LogP contribution in [0.5, 0.6) is 0 Å². The van der Waals surface area contributed by atoms with Crippen molar-refractivity contribution < 1.29 is 37.9 Å². The van der Waals surface area contributed by atoms with Crippen molar-refractivity contribution in [2.75, 3.05) is 26.4 Å². The molecule has 308 valence electrons. The average Bonchev–Trinajstić information content (AvgIpc) is 3.14. The van der Waals surface area contributed by atoms with Crippen LogP contribution >= 0.6 is 7.82 Å². The number of phosphoric acid groups is 1. The Balaban J connectivity index is 3.63. The molecule has 9 nitrogen and oxygen atoms in total. The minimum absolute atomic E-state index is 0.0751. The average molecular weight is 768 g/mol. The highest BCUT2D eigenvalue weighted by Crippen LogP contribution is 2.42. The topological polar surface area (TPSA) is 131 Å². The van der Waals surface area contributed by atoms with Crippen LogP contribution in [-0.4, -0.2) is 54.3 Å². The molecule has 1 amide bonds. The number of esters is 1. The van der Waals surface area contributed by atoms with Crippen molar-refractivity contribution in [3.8, 4) is 0 Å². The van der Waals surface area contributed by atoms with Gasteiger partial charge in [0.25, 0.3) is 0 Å². The van der Waals surface area contributed by atoms with E-state index in [1.165, 1.54) is 70.6 Å². The Hall–Kier alpha value is -2.03. The lowest BCUT2D eigenvalue weighted by atomic mass is 10.1. The van der Waals surface area contributed by atoms with Crippen LogP contribution < -0.4 is 5.32 Å². The molecule has 0 aliphatic heterocycles. The van der Waals surface area contributed by atoms with Crippen LogP contribution in [0.1, 0.15) is 181 Å². The Kier molecular flexibility index (Phi) is 38.1. The molecule has 2 unspecified atom stereocenters. The standard InChI is InChI=1S/C43H78NO8P/c1-3-5-7-9-11-13-15-17-19-20-22-24-26-28-30-32-34-36-43(47)50-39-41(45)40-52-53(48,49)51-38-37-44-42(46)35-33-31-29-27-25-23-21-18-16-14-12-10-8-6-4-2/h5,7,11,13,17-19,21,41,45H,3-4,6,8-10,12,14-16,20,22-40H2,1-2H3,(H,44,46)(H,48,49)/b7-5-,13-11-,19-17-,21-18-. The van der Waals surface area contributed by atoms with Gasteiger partial charge in [-0.3, -0.25) is 18.6 Å². The molecule has 0 bridgehead atoms. The minimum atomic E-state index is -4.42. The number of aliphatic hydroxyl groups is 1. The van der Waals surface area contributed by atoms with E-state index < -0.39 is 26.5 Å². The number of aliphatic hydroxyl groups excluding tert-OH is 1. The van der Waals surface area contributed by atoms with Crippen LogP contribution in [0.15, 0.2) is 48.6 Å². The first kappa shape index (κ1) is 51.0. The van der Waals surface area contributed by atoms with E-state index in [2.05, 4.69) is 67.8 Å². The fraction of sp³-hybridized carbons (Fsp3) is 0.767. The summed E-state index contributed by atoms with van der Waals surface area (Å²) in [5.41, 5.74) is 0. The molecule has 0 saturated carbocycles. The number of hydrogen-bond acceptors (Lipinski definition) is 7. The van der Waals surface area contributed by atoms with Gasteiger partial charge in [0, 0.05) is 19.4 Å². The lowest BCUT2D eigenvalue weighted by Gasteiger charge is -2.15. The van der Waals surface area contributed by atoms with Gasteiger partial charge in [0.2, 0.25) is 5.91 Å². The Bertz CT molecular complexity index is 1010. The van der Waals surface area contributed by atoms with Crippen molar-refractivity contribution in [1.82, 2.24) is 5.32 Å². The number of unbranched alkanes of at least 4 members (excludes halogenated alkanes) is 18. The first-order valence-corrected chi connectivity index (χ1v) is 22.6. The molecule has 0 aliphatic carbocycles. The summed E-state index contributed by atoms with van der Waals surface area (Å²) in [4.78, 5) is 33.9. The van der Waals surface area contributed by atoms with E-state index in [0.717, 1.165) is 83.5 Å². The van der Waals surface area contributed by atoms with Crippen molar-refractivity contribution in [2.45, 2.75) is 187 Å². The van der Waals surface area contributed by atoms with E-state index in [1.54, 1.807) is 0 Å². The quantitative estimate of drug-likeness (QED) is 0.0244. The van der Waals surface area contributed by atoms with Crippen molar-refractivity contribution in [3.63, 3.8) is 0 Å². The van der Waals surface area contributed by atoms with Crippen LogP contribution in [0.3, 0.4) is 0 Å². The lowest BCUT2D eigenvalue weighted by molar-refractivity contribution is -0.147. The summed E-state index contributed by atoms with van der Waals surface area (Å²) in [5.74, 6) is -0.536. The van der Waals surface area contributed by atoms with Gasteiger partial charge >= 0.3 is 13.8 Å². The largest absolute Gasteiger partial charge is 0.472 e. The van der Waals surface area contributed by atoms with Crippen LogP contribution in [0, 0.1) is 0 Å². The molecule has 0 aromatic rings. The van der Waals surface area contributed by atoms with Gasteiger partial charge in [-0.2, -0.15) is 0 Å². The number of allylic oxidation sites excluding steroid dienone is 8. The summed E-state index contributed by atoms with van der Waals surface area (Å²) in [6, 6.07) is 0. The van der Waals surface area contributed by atoms with Gasteiger partial charge in [0.15, 0.2) is 0 Å². The Morgan fingerprint density at radius 3 is 1.64 bits per heavy atom. The molecule has 53 heavy (non-hydrogen) atoms. The van der Waals surface area contributed by atoms with Crippen molar-refractivity contribution in [1.29, 1.82) is 0 Å². The minimum Gasteiger partial charge on any atom is -0.463 e. The third-order valence-corrected chi connectivity index (χ3v) is 9.73. The lowest BCUT2D eigenvalue weighted by Crippen LogP contribution is -2.27. The first-order valence-electron chi connectivity index (χ1n) is 21.1. The summed E-state index contributed by atoms with van der Waals surface area (Å²) in [6.07, 6.45) is 44.6. The predicted molar refractivity (Wildman–Crippen MR) is 220 cm³/mol. The maximum atomic E-state index is 12.1. The zero-order valence-electron chi connectivity index (χ0n) is 33.7. The number of ether oxygens (including phenoxy) is 1. The first-order chi connectivity index (χ1) is 25.8. The third-order valence-electron chi connectivity index (χ3n) is 8.74. The number of carbonyl (C=O) groups is 2. The summed E-state index contributed by atoms with van der Waals surface area (Å²) in [6.45, 7) is 3.41. The van der Waals surface area contributed by atoms with Crippen LogP contribution in [0.25, 0.3) is 0 Å². The second kappa shape index (κ2) is 39.7. The maximum Gasteiger partial charge on any atom is 0.472 e. The molecular weight excluding hydrogens is 689 g/mol. The molecule has 0 heterocycles. The fourth-order valence-electron chi connectivity index (χ4n) is 5.57. The summed E-state index contributed by atoms with van der Waals surface area (Å²) in [7, 11) is -4.42. The van der Waals surface area contributed by atoms with Gasteiger partial charge in [-0.1, -0.05) is 146 Å². The van der Waals surface area contributed by atoms with E-state index in [1.807, 2.05) is 0 Å². The fourth-order valence-corrected chi connectivity index (χ4v) is 6.32. The van der Waals surface area contributed by atoms with Crippen molar-refractivity contribution >= 4 is 19.7 Å². The van der Waals surface area contributed by atoms with Crippen molar-refractivity contribution in [2.24, 2.45) is 0 Å². The van der Waals surface area contributed by atoms with E-state index in [0.29, 0.717) is 6.42 Å². The van der Waals surface area contributed by atoms with Crippen molar-refractivity contribution in [3.05, 3.63) is 48.6 Å². The molecule has 0 aliphatic rings. The second-order valence-electron chi connectivity index (χ2n) is 13.9. The smallest absolute Gasteiger partial charge is 0.463 e. The van der Waals surface area contributed by atoms with Gasteiger partial charge in [0.1, 0.15) is 12.7 Å². The molecule has 0 radical (unpaired) electrons. The monoisotopic (exact) mass is 768 g/mol. The molecular formula is C43H78NO8P. The van der Waals surface area contributed by atoms with E-state index >= 15 is 0 Å². The zero-order valence-corrected chi connectivity index (χ0v) is 34.6. The summed E-state index contributed by atoms with van der Waals surface area (Å²) >= 11 is 0. The Labute approximate surface area is 324 Å². The third kappa shape index (κ3) is 41.0. The van der Waals surface area contributed by atoms with Crippen LogP contribution in [-0.2, 0) is 27.9 Å². The highest BCUT2D eigenvalue weighted by Gasteiger charge is 2.23. The van der Waals surface area contributed by atoms with Gasteiger partial charge in [-0.15, -0.1) is 0 Å². The molecule has 10 heteroatoms. The van der Waals surface area contributed by atoms with Gasteiger partial charge in [0.05, 0.1) is 13.2 Å². The molecule has 0 saturated heterocycles. The molecule has 0 fully saturated rings. The number of amides is 1. The normalized spacial score (nSPS) is 13.8. The highest BCUT2D eigenvalue weighted by atomic mass is 31.2. The van der Waals surface area contributed by atoms with Crippen LogP contribution in [0.4, 0.5) is 0 Å². The number of phosphoric ester groups is 1. The van der Waals surface area contributed by atoms with E-state index in [-0.39, 0.29) is 32.1 Å². The molecule has 2 atom stereocenters. The zero-order chi connectivity index (χ0) is 38.9. The number of rotatable bonds is 39. The summed E-state index contributed by atoms with van der Waals surface area (Å²) in [5, 5.41) is 12.7. The molecule has 0 spiro atoms. The van der Waals surface area contributed by atoms with Gasteiger partial charge in [-0.05, 0) is 70.6 Å². The highest BCUT2D eigenvalue weighted by molar-refractivity contribution is 7.47. The predicted octanol–water partition coefficient (Wildman–Crippen LogP) is 11.5. The molecule has 0 rings (SSSR count). The number of nitrogens with one attached hydrogen (secondary N) is 1. The maximum absolute atomic E-state index is 12.1. The SMILES string of the molecule is CC/C=C\C/C=C\C/C=C\CCCCCCCCCC(=O)OCC(O)COP(=O)(O)OCCNC(=O)CCCCCCC/C=C\CCCCCCCC.